The molecule has 0 fully saturated rings. The van der Waals surface area contributed by atoms with Crippen molar-refractivity contribution in [2.24, 2.45) is 0 Å². The number of hydrogen-bond donors (Lipinski definition) is 0. The number of hydrogen-bond acceptors (Lipinski definition) is 0. The molecule has 0 bridgehead atoms. The monoisotopic (exact) mass is 668 g/mol. The Bertz CT molecular complexity index is 1450. The first kappa shape index (κ1) is 30.1. The zero-order chi connectivity index (χ0) is 28.7. The highest BCUT2D eigenvalue weighted by molar-refractivity contribution is 9.10. The van der Waals surface area contributed by atoms with Crippen LogP contribution in [0.25, 0.3) is 22.8 Å². The van der Waals surface area contributed by atoms with Gasteiger partial charge in [0.15, 0.2) is 0 Å². The second-order valence-electron chi connectivity index (χ2n) is 11.6. The summed E-state index contributed by atoms with van der Waals surface area (Å²) in [6.07, 6.45) is 15.2. The van der Waals surface area contributed by atoms with Crippen molar-refractivity contribution in [3.8, 4) is 11.1 Å². The third-order valence-corrected chi connectivity index (χ3v) is 9.89. The number of fused-ring (bicyclic) bond motifs is 3. The van der Waals surface area contributed by atoms with E-state index in [0.717, 1.165) is 8.95 Å². The highest BCUT2D eigenvalue weighted by atomic mass is 79.9. The molecule has 0 unspecified atom stereocenters. The summed E-state index contributed by atoms with van der Waals surface area (Å²) in [5.41, 5.74) is 11.1. The Hall–Kier alpha value is -2.42. The third-order valence-electron chi connectivity index (χ3n) is 8.83. The third kappa shape index (κ3) is 6.81. The maximum atomic E-state index is 3.64. The van der Waals surface area contributed by atoms with Gasteiger partial charge in [-0.2, -0.15) is 0 Å². The minimum absolute atomic E-state index is 0.0891. The van der Waals surface area contributed by atoms with Crippen molar-refractivity contribution in [1.29, 1.82) is 0 Å². The topological polar surface area (TPSA) is 0 Å². The van der Waals surface area contributed by atoms with Crippen LogP contribution in [0.2, 0.25) is 0 Å². The van der Waals surface area contributed by atoms with Crippen molar-refractivity contribution in [2.75, 3.05) is 0 Å². The van der Waals surface area contributed by atoms with Crippen LogP contribution in [0, 0.1) is 0 Å². The molecular formula is C39H42Br2. The van der Waals surface area contributed by atoms with Crippen LogP contribution < -0.4 is 0 Å². The zero-order valence-electron chi connectivity index (χ0n) is 24.6. The van der Waals surface area contributed by atoms with Gasteiger partial charge in [-0.25, -0.2) is 0 Å². The maximum absolute atomic E-state index is 3.64. The molecule has 5 rings (SSSR count). The summed E-state index contributed by atoms with van der Waals surface area (Å²) < 4.78 is 2.21. The van der Waals surface area contributed by atoms with Crippen molar-refractivity contribution in [2.45, 2.75) is 83.5 Å². The minimum atomic E-state index is 0.0891. The van der Waals surface area contributed by atoms with E-state index in [-0.39, 0.29) is 5.41 Å². The van der Waals surface area contributed by atoms with Crippen molar-refractivity contribution < 1.29 is 0 Å². The van der Waals surface area contributed by atoms with Gasteiger partial charge < -0.3 is 0 Å². The normalized spacial score (nSPS) is 13.7. The Morgan fingerprint density at radius 3 is 1.78 bits per heavy atom. The Balaban J connectivity index is 1.65. The van der Waals surface area contributed by atoms with E-state index in [1.807, 2.05) is 0 Å². The lowest BCUT2D eigenvalue weighted by molar-refractivity contribution is 0.401. The van der Waals surface area contributed by atoms with E-state index in [2.05, 4.69) is 143 Å². The van der Waals surface area contributed by atoms with Crippen LogP contribution in [0.3, 0.4) is 0 Å². The standard InChI is InChI=1S/C39H42Br2/c1-3-5-7-11-25-39(26-12-8-6-4-2)37-14-10-9-13-34(37)35-24-19-31(28-38(35)39)36(30-17-22-33(41)23-18-30)27-29-15-20-32(40)21-16-29/h9-10,13-24,27-28H,3-8,11-12,25-26H2,1-2H3/b36-27-. The van der Waals surface area contributed by atoms with Crippen LogP contribution in [0.5, 0.6) is 0 Å². The van der Waals surface area contributed by atoms with Crippen LogP contribution in [-0.4, -0.2) is 0 Å². The van der Waals surface area contributed by atoms with Gasteiger partial charge in [-0.15, -0.1) is 0 Å². The molecule has 0 radical (unpaired) electrons. The molecule has 0 heterocycles. The SMILES string of the molecule is CCCCCCC1(CCCCCC)c2ccccc2-c2ccc(/C(=C\c3ccc(Br)cc3)c3ccc(Br)cc3)cc21. The molecule has 0 nitrogen and oxygen atoms in total. The molecule has 1 aliphatic rings. The first-order valence-electron chi connectivity index (χ1n) is 15.5. The lowest BCUT2D eigenvalue weighted by atomic mass is 9.70. The van der Waals surface area contributed by atoms with E-state index in [1.165, 1.54) is 97.6 Å². The van der Waals surface area contributed by atoms with Crippen LogP contribution in [0.4, 0.5) is 0 Å². The van der Waals surface area contributed by atoms with Crippen LogP contribution >= 0.6 is 31.9 Å². The van der Waals surface area contributed by atoms with Crippen molar-refractivity contribution in [1.82, 2.24) is 0 Å². The van der Waals surface area contributed by atoms with Gasteiger partial charge in [0, 0.05) is 14.4 Å². The quantitative estimate of drug-likeness (QED) is 0.0981. The second-order valence-corrected chi connectivity index (χ2v) is 13.5. The van der Waals surface area contributed by atoms with E-state index in [0.29, 0.717) is 0 Å². The summed E-state index contributed by atoms with van der Waals surface area (Å²) in [5, 5.41) is 0. The molecule has 0 aromatic heterocycles. The lowest BCUT2D eigenvalue weighted by Crippen LogP contribution is -2.25. The predicted molar refractivity (Wildman–Crippen MR) is 185 cm³/mol. The number of benzene rings is 4. The fraction of sp³-hybridized carbons (Fsp3) is 0.333. The van der Waals surface area contributed by atoms with Gasteiger partial charge in [-0.3, -0.25) is 0 Å². The molecular weight excluding hydrogens is 628 g/mol. The van der Waals surface area contributed by atoms with Crippen molar-refractivity contribution in [3.63, 3.8) is 0 Å². The molecule has 0 aliphatic heterocycles. The minimum Gasteiger partial charge on any atom is -0.0654 e. The van der Waals surface area contributed by atoms with Gasteiger partial charge in [0.1, 0.15) is 0 Å². The van der Waals surface area contributed by atoms with Gasteiger partial charge in [0.2, 0.25) is 0 Å². The van der Waals surface area contributed by atoms with Crippen LogP contribution in [0.15, 0.2) is 99.9 Å². The average molecular weight is 671 g/mol. The lowest BCUT2D eigenvalue weighted by Gasteiger charge is -2.33. The van der Waals surface area contributed by atoms with Gasteiger partial charge in [0.25, 0.3) is 0 Å². The van der Waals surface area contributed by atoms with E-state index in [4.69, 9.17) is 0 Å². The van der Waals surface area contributed by atoms with Gasteiger partial charge in [-0.1, -0.05) is 158 Å². The number of unbranched alkanes of at least 4 members (excludes halogenated alkanes) is 6. The molecule has 4 aromatic rings. The summed E-state index contributed by atoms with van der Waals surface area (Å²) in [7, 11) is 0. The molecule has 0 amide bonds. The molecule has 212 valence electrons. The number of halogens is 2. The van der Waals surface area contributed by atoms with Crippen molar-refractivity contribution in [3.05, 3.63) is 128 Å². The number of rotatable bonds is 13. The predicted octanol–water partition coefficient (Wildman–Crippen LogP) is 13.0. The smallest absolute Gasteiger partial charge is 0.0215 e. The highest BCUT2D eigenvalue weighted by Gasteiger charge is 2.42. The Morgan fingerprint density at radius 2 is 1.15 bits per heavy atom. The molecule has 41 heavy (non-hydrogen) atoms. The molecule has 0 saturated carbocycles. The van der Waals surface area contributed by atoms with Crippen LogP contribution in [0.1, 0.15) is 106 Å². The molecule has 0 spiro atoms. The fourth-order valence-corrected chi connectivity index (χ4v) is 7.21. The van der Waals surface area contributed by atoms with Gasteiger partial charge in [-0.05, 0) is 93.8 Å². The average Bonchev–Trinajstić information content (AvgIpc) is 3.27. The van der Waals surface area contributed by atoms with Crippen molar-refractivity contribution >= 4 is 43.5 Å². The Kier molecular flexibility index (Phi) is 10.4. The van der Waals surface area contributed by atoms with Gasteiger partial charge >= 0.3 is 0 Å². The fourth-order valence-electron chi connectivity index (χ4n) is 6.68. The molecule has 0 saturated heterocycles. The molecule has 0 N–H and O–H groups in total. The molecule has 4 aromatic carbocycles. The summed E-state index contributed by atoms with van der Waals surface area (Å²) in [6, 6.07) is 34.0. The summed E-state index contributed by atoms with van der Waals surface area (Å²) in [6.45, 7) is 4.63. The van der Waals surface area contributed by atoms with E-state index >= 15 is 0 Å². The van der Waals surface area contributed by atoms with Crippen LogP contribution in [-0.2, 0) is 5.41 Å². The van der Waals surface area contributed by atoms with E-state index in [9.17, 15) is 0 Å². The largest absolute Gasteiger partial charge is 0.0654 e. The second kappa shape index (κ2) is 14.2. The first-order valence-corrected chi connectivity index (χ1v) is 17.1. The summed E-state index contributed by atoms with van der Waals surface area (Å²) in [5.74, 6) is 0. The summed E-state index contributed by atoms with van der Waals surface area (Å²) >= 11 is 7.25. The Morgan fingerprint density at radius 1 is 0.585 bits per heavy atom. The highest BCUT2D eigenvalue weighted by Crippen LogP contribution is 2.54. The Labute approximate surface area is 264 Å². The maximum Gasteiger partial charge on any atom is 0.0215 e. The first-order chi connectivity index (χ1) is 20.1. The van der Waals surface area contributed by atoms with E-state index in [1.54, 1.807) is 11.1 Å². The molecule has 2 heteroatoms. The zero-order valence-corrected chi connectivity index (χ0v) is 27.7. The molecule has 0 atom stereocenters. The summed E-state index contributed by atoms with van der Waals surface area (Å²) in [4.78, 5) is 0. The molecule has 1 aliphatic carbocycles. The van der Waals surface area contributed by atoms with E-state index < -0.39 is 0 Å². The van der Waals surface area contributed by atoms with Gasteiger partial charge in [0.05, 0.1) is 0 Å².